The van der Waals surface area contributed by atoms with Crippen LogP contribution in [0.2, 0.25) is 0 Å². The summed E-state index contributed by atoms with van der Waals surface area (Å²) in [6.07, 6.45) is 1.92. The molecule has 0 amide bonds. The Hall–Kier alpha value is -1.47. The van der Waals surface area contributed by atoms with Crippen LogP contribution in [-0.4, -0.2) is 19.7 Å². The standard InChI is InChI=1S/C12H9BrClFN4O/c13-7-3-10-9(4-8(7)15)18-11(5-14)19(10)2-1-12-16-6-17-20-12/h3-4,6H,1-2,5H2. The normalized spacial score (nSPS) is 11.3. The lowest BCUT2D eigenvalue weighted by atomic mass is 10.3. The monoisotopic (exact) mass is 358 g/mol. The van der Waals surface area contributed by atoms with E-state index in [0.29, 0.717) is 34.7 Å². The molecule has 3 rings (SSSR count). The van der Waals surface area contributed by atoms with Crippen molar-refractivity contribution >= 4 is 38.6 Å². The molecule has 0 atom stereocenters. The number of hydrogen-bond acceptors (Lipinski definition) is 4. The van der Waals surface area contributed by atoms with Crippen LogP contribution in [0, 0.1) is 5.82 Å². The van der Waals surface area contributed by atoms with Crippen LogP contribution in [0.3, 0.4) is 0 Å². The fourth-order valence-electron chi connectivity index (χ4n) is 2.04. The average Bonchev–Trinajstić information content (AvgIpc) is 3.05. The Balaban J connectivity index is 2.01. The molecule has 104 valence electrons. The fourth-order valence-corrected chi connectivity index (χ4v) is 2.57. The topological polar surface area (TPSA) is 56.7 Å². The van der Waals surface area contributed by atoms with Gasteiger partial charge in [0.15, 0.2) is 6.33 Å². The van der Waals surface area contributed by atoms with Crippen LogP contribution in [0.25, 0.3) is 11.0 Å². The van der Waals surface area contributed by atoms with E-state index in [2.05, 4.69) is 31.1 Å². The maximum absolute atomic E-state index is 13.5. The molecule has 0 saturated heterocycles. The van der Waals surface area contributed by atoms with Gasteiger partial charge in [-0.2, -0.15) is 4.98 Å². The third-order valence-corrected chi connectivity index (χ3v) is 3.79. The summed E-state index contributed by atoms with van der Waals surface area (Å²) in [5.41, 5.74) is 1.39. The maximum atomic E-state index is 13.5. The Morgan fingerprint density at radius 3 is 2.95 bits per heavy atom. The third kappa shape index (κ3) is 2.43. The van der Waals surface area contributed by atoms with Crippen molar-refractivity contribution in [2.75, 3.05) is 0 Å². The van der Waals surface area contributed by atoms with Crippen LogP contribution in [0.15, 0.2) is 27.5 Å². The van der Waals surface area contributed by atoms with E-state index in [1.165, 1.54) is 12.4 Å². The number of aryl methyl sites for hydroxylation is 2. The summed E-state index contributed by atoms with van der Waals surface area (Å²) < 4.78 is 20.8. The molecule has 20 heavy (non-hydrogen) atoms. The maximum Gasteiger partial charge on any atom is 0.228 e. The molecule has 3 aromatic rings. The first-order valence-corrected chi connectivity index (χ1v) is 7.17. The second-order valence-electron chi connectivity index (χ2n) is 4.15. The van der Waals surface area contributed by atoms with E-state index >= 15 is 0 Å². The van der Waals surface area contributed by atoms with Crippen LogP contribution >= 0.6 is 27.5 Å². The van der Waals surface area contributed by atoms with E-state index in [0.717, 1.165) is 5.52 Å². The van der Waals surface area contributed by atoms with Gasteiger partial charge in [-0.25, -0.2) is 9.37 Å². The Morgan fingerprint density at radius 1 is 1.40 bits per heavy atom. The predicted molar refractivity (Wildman–Crippen MR) is 75.0 cm³/mol. The zero-order chi connectivity index (χ0) is 14.1. The number of benzene rings is 1. The lowest BCUT2D eigenvalue weighted by Crippen LogP contribution is -2.05. The molecular weight excluding hydrogens is 351 g/mol. The van der Waals surface area contributed by atoms with Gasteiger partial charge in [0.05, 0.1) is 21.4 Å². The molecule has 0 saturated carbocycles. The molecule has 0 N–H and O–H groups in total. The summed E-state index contributed by atoms with van der Waals surface area (Å²) >= 11 is 9.09. The van der Waals surface area contributed by atoms with E-state index < -0.39 is 0 Å². The summed E-state index contributed by atoms with van der Waals surface area (Å²) in [6.45, 7) is 0.582. The molecule has 0 aliphatic carbocycles. The van der Waals surface area contributed by atoms with Crippen molar-refractivity contribution in [3.8, 4) is 0 Å². The predicted octanol–water partition coefficient (Wildman–Crippen LogP) is 3.30. The van der Waals surface area contributed by atoms with E-state index in [9.17, 15) is 4.39 Å². The summed E-state index contributed by atoms with van der Waals surface area (Å²) in [6, 6.07) is 3.08. The van der Waals surface area contributed by atoms with Crippen LogP contribution in [0.5, 0.6) is 0 Å². The number of alkyl halides is 1. The van der Waals surface area contributed by atoms with Gasteiger partial charge in [-0.3, -0.25) is 0 Å². The lowest BCUT2D eigenvalue weighted by Gasteiger charge is -2.06. The second kappa shape index (κ2) is 5.49. The quantitative estimate of drug-likeness (QED) is 0.671. The van der Waals surface area contributed by atoms with Crippen molar-refractivity contribution < 1.29 is 8.91 Å². The van der Waals surface area contributed by atoms with Crippen molar-refractivity contribution in [3.05, 3.63) is 40.5 Å². The molecule has 5 nitrogen and oxygen atoms in total. The van der Waals surface area contributed by atoms with Crippen LogP contribution in [0.1, 0.15) is 11.7 Å². The first-order valence-electron chi connectivity index (χ1n) is 5.84. The Morgan fingerprint density at radius 2 is 2.25 bits per heavy atom. The van der Waals surface area contributed by atoms with Crippen molar-refractivity contribution in [2.45, 2.75) is 18.8 Å². The van der Waals surface area contributed by atoms with Crippen molar-refractivity contribution in [3.63, 3.8) is 0 Å². The highest BCUT2D eigenvalue weighted by Gasteiger charge is 2.13. The van der Waals surface area contributed by atoms with Gasteiger partial charge in [-0.15, -0.1) is 11.6 Å². The lowest BCUT2D eigenvalue weighted by molar-refractivity contribution is 0.371. The first-order chi connectivity index (χ1) is 9.69. The largest absolute Gasteiger partial charge is 0.340 e. The number of aromatic nitrogens is 4. The summed E-state index contributed by atoms with van der Waals surface area (Å²) in [7, 11) is 0. The summed E-state index contributed by atoms with van der Waals surface area (Å²) in [4.78, 5) is 8.31. The molecule has 8 heteroatoms. The molecule has 0 aliphatic heterocycles. The van der Waals surface area contributed by atoms with Gasteiger partial charge in [0.25, 0.3) is 0 Å². The Kier molecular flexibility index (Phi) is 3.71. The smallest absolute Gasteiger partial charge is 0.228 e. The molecule has 0 spiro atoms. The Labute approximate surface area is 126 Å². The van der Waals surface area contributed by atoms with Crippen molar-refractivity contribution in [1.82, 2.24) is 19.7 Å². The van der Waals surface area contributed by atoms with Crippen LogP contribution < -0.4 is 0 Å². The SMILES string of the molecule is Fc1cc2nc(CCl)n(CCc3ncno3)c2cc1Br. The molecule has 0 unspecified atom stereocenters. The number of nitrogens with zero attached hydrogens (tertiary/aromatic N) is 4. The molecule has 0 radical (unpaired) electrons. The highest BCUT2D eigenvalue weighted by Crippen LogP contribution is 2.25. The number of halogens is 3. The molecule has 0 aliphatic rings. The fraction of sp³-hybridized carbons (Fsp3) is 0.250. The first kappa shape index (κ1) is 13.5. The minimum Gasteiger partial charge on any atom is -0.340 e. The number of fused-ring (bicyclic) bond motifs is 1. The minimum atomic E-state index is -0.347. The Bertz CT molecular complexity index is 744. The molecule has 0 fully saturated rings. The van der Waals surface area contributed by atoms with E-state index in [-0.39, 0.29) is 11.7 Å². The van der Waals surface area contributed by atoms with E-state index in [1.807, 2.05) is 4.57 Å². The van der Waals surface area contributed by atoms with Gasteiger partial charge in [0.2, 0.25) is 5.89 Å². The average molecular weight is 360 g/mol. The van der Waals surface area contributed by atoms with Crippen molar-refractivity contribution in [1.29, 1.82) is 0 Å². The van der Waals surface area contributed by atoms with Gasteiger partial charge in [-0.1, -0.05) is 5.16 Å². The summed E-state index contributed by atoms with van der Waals surface area (Å²) in [5, 5.41) is 3.56. The zero-order valence-corrected chi connectivity index (χ0v) is 12.5. The number of imidazole rings is 1. The zero-order valence-electron chi connectivity index (χ0n) is 10.2. The van der Waals surface area contributed by atoms with Crippen molar-refractivity contribution in [2.24, 2.45) is 0 Å². The highest BCUT2D eigenvalue weighted by molar-refractivity contribution is 9.10. The van der Waals surface area contributed by atoms with E-state index in [4.69, 9.17) is 16.1 Å². The molecule has 2 heterocycles. The number of hydrogen-bond donors (Lipinski definition) is 0. The van der Waals surface area contributed by atoms with Gasteiger partial charge < -0.3 is 9.09 Å². The van der Waals surface area contributed by atoms with Crippen LogP contribution in [0.4, 0.5) is 4.39 Å². The second-order valence-corrected chi connectivity index (χ2v) is 5.27. The highest BCUT2D eigenvalue weighted by atomic mass is 79.9. The molecule has 1 aromatic carbocycles. The van der Waals surface area contributed by atoms with Gasteiger partial charge in [0, 0.05) is 19.0 Å². The van der Waals surface area contributed by atoms with Gasteiger partial charge >= 0.3 is 0 Å². The third-order valence-electron chi connectivity index (χ3n) is 2.95. The molecular formula is C12H9BrClFN4O. The van der Waals surface area contributed by atoms with Crippen LogP contribution in [-0.2, 0) is 18.8 Å². The van der Waals surface area contributed by atoms with E-state index in [1.54, 1.807) is 6.07 Å². The summed E-state index contributed by atoms with van der Waals surface area (Å²) in [5.74, 6) is 1.12. The molecule has 0 bridgehead atoms. The number of rotatable bonds is 4. The molecule has 2 aromatic heterocycles. The minimum absolute atomic E-state index is 0.248. The van der Waals surface area contributed by atoms with Gasteiger partial charge in [-0.05, 0) is 22.0 Å². The van der Waals surface area contributed by atoms with Gasteiger partial charge in [0.1, 0.15) is 11.6 Å².